The van der Waals surface area contributed by atoms with Crippen molar-refractivity contribution in [2.45, 2.75) is 25.1 Å². The topological polar surface area (TPSA) is 29.1 Å². The van der Waals surface area contributed by atoms with Crippen LogP contribution < -0.4 is 5.32 Å². The van der Waals surface area contributed by atoms with Crippen LogP contribution in [0.2, 0.25) is 5.02 Å². The summed E-state index contributed by atoms with van der Waals surface area (Å²) in [5.41, 5.74) is 0.597. The number of carbonyl (C=O) groups is 1. The van der Waals surface area contributed by atoms with Crippen molar-refractivity contribution in [1.82, 2.24) is 5.32 Å². The molecule has 0 aromatic heterocycles. The van der Waals surface area contributed by atoms with Crippen LogP contribution in [0.25, 0.3) is 0 Å². The Morgan fingerprint density at radius 3 is 2.82 bits per heavy atom. The molecule has 0 saturated heterocycles. The Labute approximate surface area is 120 Å². The van der Waals surface area contributed by atoms with Crippen LogP contribution in [-0.2, 0) is 0 Å². The van der Waals surface area contributed by atoms with Gasteiger partial charge < -0.3 is 5.32 Å². The van der Waals surface area contributed by atoms with E-state index in [9.17, 15) is 4.79 Å². The Kier molecular flexibility index (Phi) is 6.31. The lowest BCUT2D eigenvalue weighted by molar-refractivity contribution is 0.0953. The molecule has 1 amide bonds. The number of carbonyl (C=O) groups excluding carboxylic acids is 1. The van der Waals surface area contributed by atoms with E-state index in [-0.39, 0.29) is 11.3 Å². The Bertz CT molecular complexity index is 396. The summed E-state index contributed by atoms with van der Waals surface area (Å²) in [4.78, 5) is 11.7. The van der Waals surface area contributed by atoms with E-state index in [1.54, 1.807) is 18.2 Å². The third-order valence-corrected chi connectivity index (χ3v) is 3.68. The van der Waals surface area contributed by atoms with Crippen LogP contribution in [-0.4, -0.2) is 17.8 Å². The average Bonchev–Trinajstić information content (AvgIpc) is 2.27. The van der Waals surface area contributed by atoms with Crippen molar-refractivity contribution < 1.29 is 4.79 Å². The van der Waals surface area contributed by atoms with Crippen LogP contribution in [0.5, 0.6) is 0 Å². The molecule has 1 N–H and O–H groups in total. The van der Waals surface area contributed by atoms with Crippen LogP contribution in [0, 0.1) is 0 Å². The fourth-order valence-corrected chi connectivity index (χ4v) is 1.98. The molecule has 5 heteroatoms. The maximum atomic E-state index is 11.7. The molecule has 1 aromatic carbocycles. The number of benzene rings is 1. The molecule has 2 nitrogen and oxygen atoms in total. The third-order valence-electron chi connectivity index (χ3n) is 2.25. The minimum atomic E-state index is -0.0930. The highest BCUT2D eigenvalue weighted by Crippen LogP contribution is 2.23. The summed E-state index contributed by atoms with van der Waals surface area (Å²) < 4.78 is 0.723. The molecule has 1 atom stereocenters. The molecule has 0 aliphatic rings. The lowest BCUT2D eigenvalue weighted by Crippen LogP contribution is -2.24. The molecule has 94 valence electrons. The van der Waals surface area contributed by atoms with E-state index in [1.807, 2.05) is 6.92 Å². The van der Waals surface area contributed by atoms with E-state index in [2.05, 4.69) is 21.2 Å². The number of hydrogen-bond acceptors (Lipinski definition) is 1. The summed E-state index contributed by atoms with van der Waals surface area (Å²) in [6.45, 7) is 2.58. The largest absolute Gasteiger partial charge is 0.352 e. The smallest absolute Gasteiger partial charge is 0.251 e. The van der Waals surface area contributed by atoms with E-state index >= 15 is 0 Å². The summed E-state index contributed by atoms with van der Waals surface area (Å²) in [6, 6.07) is 5.11. The number of hydrogen-bond donors (Lipinski definition) is 1. The van der Waals surface area contributed by atoms with Gasteiger partial charge in [0.2, 0.25) is 0 Å². The van der Waals surface area contributed by atoms with Gasteiger partial charge in [-0.2, -0.15) is 0 Å². The van der Waals surface area contributed by atoms with Gasteiger partial charge in [0.1, 0.15) is 0 Å². The number of nitrogens with one attached hydrogen (secondary N) is 1. The monoisotopic (exact) mass is 337 g/mol. The highest BCUT2D eigenvalue weighted by atomic mass is 79.9. The quantitative estimate of drug-likeness (QED) is 0.631. The molecule has 17 heavy (non-hydrogen) atoms. The molecule has 0 heterocycles. The van der Waals surface area contributed by atoms with Gasteiger partial charge in [0.05, 0.1) is 5.02 Å². The van der Waals surface area contributed by atoms with Gasteiger partial charge in [-0.05, 0) is 53.9 Å². The van der Waals surface area contributed by atoms with Gasteiger partial charge in [-0.15, -0.1) is 11.6 Å². The predicted molar refractivity (Wildman–Crippen MR) is 76.0 cm³/mol. The molecule has 0 aliphatic heterocycles. The van der Waals surface area contributed by atoms with Crippen molar-refractivity contribution in [3.05, 3.63) is 33.3 Å². The molecule has 1 unspecified atom stereocenters. The van der Waals surface area contributed by atoms with Gasteiger partial charge in [0.15, 0.2) is 0 Å². The fraction of sp³-hybridized carbons (Fsp3) is 0.417. The maximum Gasteiger partial charge on any atom is 0.251 e. The molecule has 1 rings (SSSR count). The molecular formula is C12H14BrCl2NO. The highest BCUT2D eigenvalue weighted by molar-refractivity contribution is 9.10. The first kappa shape index (κ1) is 14.8. The molecule has 0 bridgehead atoms. The lowest BCUT2D eigenvalue weighted by Gasteiger charge is -2.07. The molecular weight excluding hydrogens is 325 g/mol. The third kappa shape index (κ3) is 5.28. The SMILES string of the molecule is CC(Cl)CCCNC(=O)c1ccc(Cl)c(Br)c1. The van der Waals surface area contributed by atoms with Gasteiger partial charge in [-0.1, -0.05) is 11.6 Å². The average molecular weight is 339 g/mol. The minimum absolute atomic E-state index is 0.0930. The van der Waals surface area contributed by atoms with Gasteiger partial charge in [-0.3, -0.25) is 4.79 Å². The molecule has 0 fully saturated rings. The second-order valence-corrected chi connectivity index (χ2v) is 5.81. The zero-order valence-electron chi connectivity index (χ0n) is 9.47. The van der Waals surface area contributed by atoms with Crippen LogP contribution in [0.3, 0.4) is 0 Å². The highest BCUT2D eigenvalue weighted by Gasteiger charge is 2.07. The Hall–Kier alpha value is -0.250. The van der Waals surface area contributed by atoms with Gasteiger partial charge in [0, 0.05) is 22.0 Å². The van der Waals surface area contributed by atoms with Crippen molar-refractivity contribution in [2.24, 2.45) is 0 Å². The van der Waals surface area contributed by atoms with Gasteiger partial charge >= 0.3 is 0 Å². The minimum Gasteiger partial charge on any atom is -0.352 e. The van der Waals surface area contributed by atoms with Crippen molar-refractivity contribution in [3.8, 4) is 0 Å². The fourth-order valence-electron chi connectivity index (χ4n) is 1.32. The van der Waals surface area contributed by atoms with Gasteiger partial charge in [-0.25, -0.2) is 0 Å². The summed E-state index contributed by atoms with van der Waals surface area (Å²) in [6.07, 6.45) is 1.78. The summed E-state index contributed by atoms with van der Waals surface area (Å²) in [5, 5.41) is 3.58. The Balaban J connectivity index is 2.44. The Morgan fingerprint density at radius 2 is 2.24 bits per heavy atom. The van der Waals surface area contributed by atoms with E-state index in [4.69, 9.17) is 23.2 Å². The van der Waals surface area contributed by atoms with E-state index in [0.29, 0.717) is 17.1 Å². The first-order chi connectivity index (χ1) is 8.00. The van der Waals surface area contributed by atoms with Crippen molar-refractivity contribution in [1.29, 1.82) is 0 Å². The van der Waals surface area contributed by atoms with Crippen LogP contribution >= 0.6 is 39.1 Å². The van der Waals surface area contributed by atoms with Crippen molar-refractivity contribution in [2.75, 3.05) is 6.54 Å². The lowest BCUT2D eigenvalue weighted by atomic mass is 10.2. The van der Waals surface area contributed by atoms with E-state index in [0.717, 1.165) is 17.3 Å². The zero-order valence-corrected chi connectivity index (χ0v) is 12.6. The first-order valence-electron chi connectivity index (χ1n) is 5.38. The molecule has 1 aromatic rings. The standard InChI is InChI=1S/C12H14BrCl2NO/c1-8(14)3-2-6-16-12(17)9-4-5-11(15)10(13)7-9/h4-5,7-8H,2-3,6H2,1H3,(H,16,17). The van der Waals surface area contributed by atoms with E-state index < -0.39 is 0 Å². The second kappa shape index (κ2) is 7.24. The van der Waals surface area contributed by atoms with Crippen molar-refractivity contribution >= 4 is 45.0 Å². The normalized spacial score (nSPS) is 12.2. The zero-order chi connectivity index (χ0) is 12.8. The van der Waals surface area contributed by atoms with Crippen LogP contribution in [0.15, 0.2) is 22.7 Å². The maximum absolute atomic E-state index is 11.7. The number of halogens is 3. The first-order valence-corrected chi connectivity index (χ1v) is 6.98. The molecule has 0 saturated carbocycles. The van der Waals surface area contributed by atoms with Crippen LogP contribution in [0.1, 0.15) is 30.1 Å². The van der Waals surface area contributed by atoms with Crippen LogP contribution in [0.4, 0.5) is 0 Å². The molecule has 0 aliphatic carbocycles. The number of alkyl halides is 1. The Morgan fingerprint density at radius 1 is 1.53 bits per heavy atom. The summed E-state index contributed by atoms with van der Waals surface area (Å²) in [7, 11) is 0. The number of rotatable bonds is 5. The molecule has 0 spiro atoms. The summed E-state index contributed by atoms with van der Waals surface area (Å²) in [5.74, 6) is -0.0930. The van der Waals surface area contributed by atoms with E-state index in [1.165, 1.54) is 0 Å². The molecule has 0 radical (unpaired) electrons. The van der Waals surface area contributed by atoms with Gasteiger partial charge in [0.25, 0.3) is 5.91 Å². The summed E-state index contributed by atoms with van der Waals surface area (Å²) >= 11 is 15.0. The second-order valence-electron chi connectivity index (χ2n) is 3.81. The predicted octanol–water partition coefficient (Wildman–Crippen LogP) is 4.24. The van der Waals surface area contributed by atoms with Crippen molar-refractivity contribution in [3.63, 3.8) is 0 Å². The number of amides is 1.